The molecule has 1 atom stereocenters. The first kappa shape index (κ1) is 17.8. The zero-order chi connectivity index (χ0) is 17.7. The smallest absolute Gasteiger partial charge is 0.352 e. The standard InChI is InChI=1S/C18H17ClO5/c1-3-15(23-13-6-4-5-11(2)9-13)18(22)24-16-8-7-12(19)10-14(16)17(20)21/h4-10,15H,3H2,1-2H3,(H,20,21). The maximum absolute atomic E-state index is 12.3. The molecule has 6 heteroatoms. The number of aromatic carboxylic acids is 1. The lowest BCUT2D eigenvalue weighted by atomic mass is 10.2. The van der Waals surface area contributed by atoms with Crippen molar-refractivity contribution in [3.8, 4) is 11.5 Å². The van der Waals surface area contributed by atoms with E-state index in [4.69, 9.17) is 21.1 Å². The number of carboxylic acids is 1. The number of hydrogen-bond acceptors (Lipinski definition) is 4. The lowest BCUT2D eigenvalue weighted by Gasteiger charge is -2.17. The average molecular weight is 349 g/mol. The number of carbonyl (C=O) groups excluding carboxylic acids is 1. The van der Waals surface area contributed by atoms with Crippen molar-refractivity contribution in [1.82, 2.24) is 0 Å². The molecule has 0 radical (unpaired) electrons. The third-order valence-electron chi connectivity index (χ3n) is 3.28. The van der Waals surface area contributed by atoms with Crippen molar-refractivity contribution >= 4 is 23.5 Å². The van der Waals surface area contributed by atoms with Crippen LogP contribution < -0.4 is 9.47 Å². The van der Waals surface area contributed by atoms with Crippen LogP contribution in [0.4, 0.5) is 0 Å². The van der Waals surface area contributed by atoms with E-state index in [9.17, 15) is 14.7 Å². The Morgan fingerprint density at radius 1 is 1.21 bits per heavy atom. The van der Waals surface area contributed by atoms with Gasteiger partial charge >= 0.3 is 11.9 Å². The van der Waals surface area contributed by atoms with Gasteiger partial charge in [0.1, 0.15) is 17.1 Å². The summed E-state index contributed by atoms with van der Waals surface area (Å²) in [6.07, 6.45) is -0.466. The SMILES string of the molecule is CCC(Oc1cccc(C)c1)C(=O)Oc1ccc(Cl)cc1C(=O)O. The molecule has 5 nitrogen and oxygen atoms in total. The van der Waals surface area contributed by atoms with Gasteiger partial charge in [-0.2, -0.15) is 0 Å². The van der Waals surface area contributed by atoms with Gasteiger partial charge in [0.25, 0.3) is 0 Å². The molecular formula is C18H17ClO5. The van der Waals surface area contributed by atoms with Crippen molar-refractivity contribution in [2.45, 2.75) is 26.4 Å². The summed E-state index contributed by atoms with van der Waals surface area (Å²) < 4.78 is 10.9. The van der Waals surface area contributed by atoms with E-state index in [1.807, 2.05) is 19.1 Å². The second-order valence-corrected chi connectivity index (χ2v) is 5.63. The van der Waals surface area contributed by atoms with Crippen molar-refractivity contribution in [1.29, 1.82) is 0 Å². The zero-order valence-electron chi connectivity index (χ0n) is 13.3. The second kappa shape index (κ2) is 7.84. The van der Waals surface area contributed by atoms with Crippen molar-refractivity contribution in [3.05, 3.63) is 58.6 Å². The van der Waals surface area contributed by atoms with Gasteiger partial charge in [-0.3, -0.25) is 0 Å². The van der Waals surface area contributed by atoms with E-state index in [2.05, 4.69) is 0 Å². The van der Waals surface area contributed by atoms with E-state index < -0.39 is 18.0 Å². The number of ether oxygens (including phenoxy) is 2. The number of esters is 1. The highest BCUT2D eigenvalue weighted by Gasteiger charge is 2.23. The summed E-state index contributed by atoms with van der Waals surface area (Å²) in [4.78, 5) is 23.6. The molecule has 0 aliphatic heterocycles. The monoisotopic (exact) mass is 348 g/mol. The van der Waals surface area contributed by atoms with Gasteiger partial charge in [0.05, 0.1) is 0 Å². The van der Waals surface area contributed by atoms with Crippen LogP contribution >= 0.6 is 11.6 Å². The summed E-state index contributed by atoms with van der Waals surface area (Å²) in [5, 5.41) is 9.43. The van der Waals surface area contributed by atoms with Crippen molar-refractivity contribution in [3.63, 3.8) is 0 Å². The molecule has 0 saturated carbocycles. The fourth-order valence-electron chi connectivity index (χ4n) is 2.08. The molecule has 0 fully saturated rings. The quantitative estimate of drug-likeness (QED) is 0.628. The minimum Gasteiger partial charge on any atom is -0.479 e. The maximum Gasteiger partial charge on any atom is 0.352 e. The molecule has 0 aliphatic carbocycles. The number of carboxylic acid groups (broad SMARTS) is 1. The maximum atomic E-state index is 12.3. The molecule has 2 rings (SSSR count). The lowest BCUT2D eigenvalue weighted by Crippen LogP contribution is -2.31. The van der Waals surface area contributed by atoms with Crippen LogP contribution in [0.2, 0.25) is 5.02 Å². The second-order valence-electron chi connectivity index (χ2n) is 5.20. The first-order chi connectivity index (χ1) is 11.4. The van der Waals surface area contributed by atoms with E-state index in [-0.39, 0.29) is 16.3 Å². The zero-order valence-corrected chi connectivity index (χ0v) is 14.0. The van der Waals surface area contributed by atoms with E-state index in [0.717, 1.165) is 5.56 Å². The van der Waals surface area contributed by atoms with Gasteiger partial charge in [-0.1, -0.05) is 30.7 Å². The Balaban J connectivity index is 2.16. The van der Waals surface area contributed by atoms with Crippen LogP contribution in [-0.4, -0.2) is 23.1 Å². The van der Waals surface area contributed by atoms with Crippen LogP contribution in [0.25, 0.3) is 0 Å². The Kier molecular flexibility index (Phi) is 5.82. The minimum atomic E-state index is -1.23. The third kappa shape index (κ3) is 4.49. The summed E-state index contributed by atoms with van der Waals surface area (Å²) in [6.45, 7) is 3.70. The Hall–Kier alpha value is -2.53. The van der Waals surface area contributed by atoms with Crippen LogP contribution in [0.3, 0.4) is 0 Å². The molecule has 24 heavy (non-hydrogen) atoms. The highest BCUT2D eigenvalue weighted by molar-refractivity contribution is 6.31. The van der Waals surface area contributed by atoms with Gasteiger partial charge in [-0.15, -0.1) is 0 Å². The molecular weight excluding hydrogens is 332 g/mol. The average Bonchev–Trinajstić information content (AvgIpc) is 2.54. The predicted octanol–water partition coefficient (Wildman–Crippen LogP) is 4.11. The highest BCUT2D eigenvalue weighted by atomic mass is 35.5. The van der Waals surface area contributed by atoms with Gasteiger partial charge in [0, 0.05) is 5.02 Å². The Morgan fingerprint density at radius 3 is 2.58 bits per heavy atom. The van der Waals surface area contributed by atoms with Crippen LogP contribution in [0.1, 0.15) is 29.3 Å². The summed E-state index contributed by atoms with van der Waals surface area (Å²) in [6, 6.07) is 11.3. The Bertz CT molecular complexity index is 757. The first-order valence-electron chi connectivity index (χ1n) is 7.38. The Morgan fingerprint density at radius 2 is 1.96 bits per heavy atom. The van der Waals surface area contributed by atoms with Gasteiger partial charge < -0.3 is 14.6 Å². The number of hydrogen-bond donors (Lipinski definition) is 1. The molecule has 0 heterocycles. The number of aryl methyl sites for hydroxylation is 1. The molecule has 0 aromatic heterocycles. The molecule has 0 aliphatic rings. The molecule has 1 N–H and O–H groups in total. The lowest BCUT2D eigenvalue weighted by molar-refractivity contribution is -0.142. The third-order valence-corrected chi connectivity index (χ3v) is 3.52. The summed E-state index contributed by atoms with van der Waals surface area (Å²) in [5.74, 6) is -1.41. The minimum absolute atomic E-state index is 0.0665. The molecule has 0 bridgehead atoms. The van der Waals surface area contributed by atoms with E-state index >= 15 is 0 Å². The fourth-order valence-corrected chi connectivity index (χ4v) is 2.26. The molecule has 2 aromatic rings. The number of benzene rings is 2. The van der Waals surface area contributed by atoms with Crippen LogP contribution in [0, 0.1) is 6.92 Å². The van der Waals surface area contributed by atoms with Crippen LogP contribution in [0.15, 0.2) is 42.5 Å². The fraction of sp³-hybridized carbons (Fsp3) is 0.222. The predicted molar refractivity (Wildman–Crippen MR) is 89.9 cm³/mol. The van der Waals surface area contributed by atoms with Crippen molar-refractivity contribution in [2.75, 3.05) is 0 Å². The topological polar surface area (TPSA) is 72.8 Å². The molecule has 126 valence electrons. The van der Waals surface area contributed by atoms with Crippen molar-refractivity contribution < 1.29 is 24.2 Å². The van der Waals surface area contributed by atoms with Gasteiger partial charge in [0.2, 0.25) is 0 Å². The van der Waals surface area contributed by atoms with E-state index in [1.54, 1.807) is 19.1 Å². The molecule has 0 amide bonds. The normalized spacial score (nSPS) is 11.6. The Labute approximate surface area is 144 Å². The van der Waals surface area contributed by atoms with E-state index in [1.165, 1.54) is 18.2 Å². The highest BCUT2D eigenvalue weighted by Crippen LogP contribution is 2.24. The van der Waals surface area contributed by atoms with E-state index in [0.29, 0.717) is 12.2 Å². The summed E-state index contributed by atoms with van der Waals surface area (Å²) >= 11 is 5.78. The van der Waals surface area contributed by atoms with Gasteiger partial charge in [-0.05, 0) is 49.2 Å². The molecule has 0 spiro atoms. The van der Waals surface area contributed by atoms with Crippen LogP contribution in [-0.2, 0) is 4.79 Å². The molecule has 1 unspecified atom stereocenters. The first-order valence-corrected chi connectivity index (χ1v) is 7.76. The van der Waals surface area contributed by atoms with Crippen LogP contribution in [0.5, 0.6) is 11.5 Å². The van der Waals surface area contributed by atoms with Gasteiger partial charge in [0.15, 0.2) is 6.10 Å². The molecule has 0 saturated heterocycles. The number of carbonyl (C=O) groups is 2. The van der Waals surface area contributed by atoms with Gasteiger partial charge in [-0.25, -0.2) is 9.59 Å². The number of rotatable bonds is 6. The molecule has 2 aromatic carbocycles. The number of halogens is 1. The van der Waals surface area contributed by atoms with Crippen molar-refractivity contribution in [2.24, 2.45) is 0 Å². The summed E-state index contributed by atoms with van der Waals surface area (Å²) in [7, 11) is 0. The summed E-state index contributed by atoms with van der Waals surface area (Å²) in [5.41, 5.74) is 0.822. The largest absolute Gasteiger partial charge is 0.479 e.